The Bertz CT molecular complexity index is 1450. The lowest BCUT2D eigenvalue weighted by molar-refractivity contribution is -0.277. The van der Waals surface area contributed by atoms with Crippen molar-refractivity contribution in [1.82, 2.24) is 0 Å². The molecule has 264 valence electrons. The quantitative estimate of drug-likeness (QED) is 0.0755. The molecular formula is C33H42O15. The Hall–Kier alpha value is -3.61. The summed E-state index contributed by atoms with van der Waals surface area (Å²) >= 11 is 0. The lowest BCUT2D eigenvalue weighted by Crippen LogP contribution is -2.60. The largest absolute Gasteiger partial charge is 0.507 e. The predicted molar refractivity (Wildman–Crippen MR) is 166 cm³/mol. The molecule has 0 aromatic heterocycles. The summed E-state index contributed by atoms with van der Waals surface area (Å²) in [5.74, 6) is -0.998. The molecule has 9 N–H and O–H groups in total. The van der Waals surface area contributed by atoms with Gasteiger partial charge in [-0.15, -0.1) is 0 Å². The SMILES string of the molecule is COc1cc(O[C@@H]2O[C@H](CO)[C@@H](O)[C@H](O)[C@H]2O)c(CC=C(C)C)c(O)c1C(=O)/C=C/c1ccc(O[C@@H]2O[C@H](CO)[C@@H](O)[C@H](O)[C@H]2O)cc1. The standard InChI is InChI=1S/C33H42O15/c1-15(2)4-10-18-20(46-33-31(43)29(41)27(39)23(14-35)48-33)12-21(44-3)24(25(18)37)19(36)11-7-16-5-8-17(9-6-16)45-32-30(42)28(40)26(38)22(13-34)47-32/h4-9,11-12,22-23,26-35,37-43H,10,13-14H2,1-3H3/b11-7+/t22-,23-,26-,27-,28+,29+,30-,31-,32-,33-/m1/s1. The number of aliphatic hydroxyl groups is 8. The van der Waals surface area contributed by atoms with Gasteiger partial charge in [0.2, 0.25) is 12.6 Å². The minimum atomic E-state index is -1.72. The third kappa shape index (κ3) is 8.15. The van der Waals surface area contributed by atoms with Gasteiger partial charge in [-0.1, -0.05) is 29.9 Å². The molecule has 2 saturated heterocycles. The molecule has 4 rings (SSSR count). The zero-order valence-corrected chi connectivity index (χ0v) is 26.5. The van der Waals surface area contributed by atoms with Crippen molar-refractivity contribution in [2.75, 3.05) is 20.3 Å². The van der Waals surface area contributed by atoms with Gasteiger partial charge in [0, 0.05) is 11.6 Å². The molecule has 0 radical (unpaired) electrons. The van der Waals surface area contributed by atoms with E-state index < -0.39 is 86.2 Å². The fraction of sp³-hybridized carbons (Fsp3) is 0.485. The van der Waals surface area contributed by atoms with Crippen molar-refractivity contribution >= 4 is 11.9 Å². The van der Waals surface area contributed by atoms with Gasteiger partial charge in [-0.25, -0.2) is 0 Å². The second-order valence-corrected chi connectivity index (χ2v) is 11.7. The van der Waals surface area contributed by atoms with E-state index in [9.17, 15) is 50.8 Å². The van der Waals surface area contributed by atoms with E-state index in [2.05, 4.69) is 0 Å². The number of aromatic hydroxyl groups is 1. The van der Waals surface area contributed by atoms with E-state index in [1.54, 1.807) is 18.2 Å². The molecule has 2 aromatic rings. The molecule has 48 heavy (non-hydrogen) atoms. The monoisotopic (exact) mass is 678 g/mol. The van der Waals surface area contributed by atoms with Crippen LogP contribution in [0, 0.1) is 0 Å². The van der Waals surface area contributed by atoms with Crippen LogP contribution in [0.15, 0.2) is 48.1 Å². The summed E-state index contributed by atoms with van der Waals surface area (Å²) in [6.07, 6.45) is -10.5. The number of ketones is 1. The van der Waals surface area contributed by atoms with E-state index in [0.29, 0.717) is 5.56 Å². The maximum absolute atomic E-state index is 13.4. The number of allylic oxidation sites excluding steroid dienone is 3. The number of carbonyl (C=O) groups excluding carboxylic acids is 1. The number of rotatable bonds is 12. The highest BCUT2D eigenvalue weighted by Crippen LogP contribution is 2.41. The van der Waals surface area contributed by atoms with Gasteiger partial charge in [-0.05, 0) is 44.0 Å². The first-order valence-electron chi connectivity index (χ1n) is 15.1. The van der Waals surface area contributed by atoms with E-state index in [1.165, 1.54) is 37.5 Å². The van der Waals surface area contributed by atoms with Crippen molar-refractivity contribution in [3.63, 3.8) is 0 Å². The highest BCUT2D eigenvalue weighted by atomic mass is 16.7. The summed E-state index contributed by atoms with van der Waals surface area (Å²) in [4.78, 5) is 13.4. The number of hydrogen-bond donors (Lipinski definition) is 9. The van der Waals surface area contributed by atoms with Gasteiger partial charge in [0.15, 0.2) is 5.78 Å². The topological polar surface area (TPSA) is 245 Å². The summed E-state index contributed by atoms with van der Waals surface area (Å²) in [6, 6.07) is 7.50. The normalized spacial score (nSPS) is 30.6. The van der Waals surface area contributed by atoms with Crippen LogP contribution in [0.1, 0.15) is 35.3 Å². The number of phenolic OH excluding ortho intramolecular Hbond substituents is 1. The summed E-state index contributed by atoms with van der Waals surface area (Å²) in [6.45, 7) is 2.38. The molecule has 2 aliphatic heterocycles. The van der Waals surface area contributed by atoms with Crippen LogP contribution >= 0.6 is 0 Å². The lowest BCUT2D eigenvalue weighted by Gasteiger charge is -2.39. The van der Waals surface area contributed by atoms with Crippen LogP contribution in [0.3, 0.4) is 0 Å². The lowest BCUT2D eigenvalue weighted by atomic mass is 9.98. The molecule has 2 aromatic carbocycles. The maximum atomic E-state index is 13.4. The Morgan fingerprint density at radius 1 is 0.792 bits per heavy atom. The minimum absolute atomic E-state index is 0.0401. The van der Waals surface area contributed by atoms with Crippen LogP contribution in [0.25, 0.3) is 6.08 Å². The smallest absolute Gasteiger partial charge is 0.229 e. The number of benzene rings is 2. The zero-order valence-electron chi connectivity index (χ0n) is 26.5. The van der Waals surface area contributed by atoms with E-state index in [-0.39, 0.29) is 34.8 Å². The van der Waals surface area contributed by atoms with Crippen LogP contribution in [0.5, 0.6) is 23.0 Å². The van der Waals surface area contributed by atoms with Crippen molar-refractivity contribution in [3.05, 3.63) is 64.7 Å². The molecule has 0 unspecified atom stereocenters. The third-order valence-corrected chi connectivity index (χ3v) is 8.01. The molecule has 2 heterocycles. The average molecular weight is 679 g/mol. The Labute approximate surface area is 276 Å². The molecule has 0 bridgehead atoms. The Kier molecular flexibility index (Phi) is 12.6. The van der Waals surface area contributed by atoms with E-state index in [4.69, 9.17) is 23.7 Å². The van der Waals surface area contributed by atoms with Crippen LogP contribution in [-0.2, 0) is 15.9 Å². The molecule has 15 heteroatoms. The van der Waals surface area contributed by atoms with Crippen LogP contribution in [0.4, 0.5) is 0 Å². The number of methoxy groups -OCH3 is 1. The molecule has 0 aliphatic carbocycles. The van der Waals surface area contributed by atoms with Gasteiger partial charge in [0.25, 0.3) is 0 Å². The van der Waals surface area contributed by atoms with E-state index in [0.717, 1.165) is 5.57 Å². The van der Waals surface area contributed by atoms with Gasteiger partial charge in [0.1, 0.15) is 77.4 Å². The van der Waals surface area contributed by atoms with Crippen molar-refractivity contribution in [2.45, 2.75) is 81.7 Å². The molecule has 15 nitrogen and oxygen atoms in total. The number of hydrogen-bond acceptors (Lipinski definition) is 15. The predicted octanol–water partition coefficient (Wildman–Crippen LogP) is -0.837. The molecule has 0 spiro atoms. The molecule has 10 atom stereocenters. The number of ether oxygens (including phenoxy) is 5. The van der Waals surface area contributed by atoms with Gasteiger partial charge >= 0.3 is 0 Å². The number of aliphatic hydroxyl groups excluding tert-OH is 8. The van der Waals surface area contributed by atoms with Crippen LogP contribution in [0.2, 0.25) is 0 Å². The molecule has 0 saturated carbocycles. The second kappa shape index (κ2) is 16.2. The van der Waals surface area contributed by atoms with Crippen molar-refractivity contribution in [1.29, 1.82) is 0 Å². The summed E-state index contributed by atoms with van der Waals surface area (Å²) in [5, 5.41) is 91.2. The maximum Gasteiger partial charge on any atom is 0.229 e. The highest BCUT2D eigenvalue weighted by Gasteiger charge is 2.46. The van der Waals surface area contributed by atoms with Crippen molar-refractivity contribution in [3.8, 4) is 23.0 Å². The molecule has 2 fully saturated rings. The summed E-state index contributed by atoms with van der Waals surface area (Å²) < 4.78 is 27.6. The fourth-order valence-corrected chi connectivity index (χ4v) is 5.17. The minimum Gasteiger partial charge on any atom is -0.507 e. The van der Waals surface area contributed by atoms with Crippen LogP contribution < -0.4 is 14.2 Å². The molecule has 0 amide bonds. The molecule has 2 aliphatic rings. The Morgan fingerprint density at radius 2 is 1.33 bits per heavy atom. The Balaban J connectivity index is 1.56. The number of carbonyl (C=O) groups is 1. The first-order chi connectivity index (χ1) is 22.8. The first kappa shape index (κ1) is 37.2. The Morgan fingerprint density at radius 3 is 1.83 bits per heavy atom. The fourth-order valence-electron chi connectivity index (χ4n) is 5.17. The third-order valence-electron chi connectivity index (χ3n) is 8.01. The average Bonchev–Trinajstić information content (AvgIpc) is 3.07. The van der Waals surface area contributed by atoms with Gasteiger partial charge in [0.05, 0.1) is 20.3 Å². The van der Waals surface area contributed by atoms with Gasteiger partial charge in [-0.3, -0.25) is 4.79 Å². The van der Waals surface area contributed by atoms with Gasteiger partial charge in [-0.2, -0.15) is 0 Å². The molecular weight excluding hydrogens is 636 g/mol. The summed E-state index contributed by atoms with van der Waals surface area (Å²) in [5.41, 5.74) is 1.38. The van der Waals surface area contributed by atoms with Crippen molar-refractivity contribution in [2.24, 2.45) is 0 Å². The van der Waals surface area contributed by atoms with Gasteiger partial charge < -0.3 is 69.6 Å². The van der Waals surface area contributed by atoms with Crippen LogP contribution in [-0.4, -0.2) is 133 Å². The first-order valence-corrected chi connectivity index (χ1v) is 15.1. The highest BCUT2D eigenvalue weighted by molar-refractivity contribution is 6.11. The zero-order chi connectivity index (χ0) is 35.3. The second-order valence-electron chi connectivity index (χ2n) is 11.7. The number of phenols is 1. The summed E-state index contributed by atoms with van der Waals surface area (Å²) in [7, 11) is 1.27. The van der Waals surface area contributed by atoms with E-state index in [1.807, 2.05) is 13.8 Å². The van der Waals surface area contributed by atoms with E-state index >= 15 is 0 Å². The van der Waals surface area contributed by atoms with Crippen molar-refractivity contribution < 1.29 is 74.4 Å².